The molecule has 0 atom stereocenters. The van der Waals surface area contributed by atoms with Crippen LogP contribution in [0, 0.1) is 0 Å². The highest BCUT2D eigenvalue weighted by Gasteiger charge is 2.36. The average molecular weight is 634 g/mol. The number of pyridine rings is 1. The Morgan fingerprint density at radius 3 is 2.76 bits per heavy atom. The number of anilines is 4. The van der Waals surface area contributed by atoms with Crippen molar-refractivity contribution in [3.8, 4) is 0 Å². The Bertz CT molecular complexity index is 1250. The minimum absolute atomic E-state index is 0.00621. The summed E-state index contributed by atoms with van der Waals surface area (Å²) >= 11 is 2.16. The number of nitrogens with zero attached hydrogens (tertiary/aromatic N) is 7. The molecule has 0 bridgehead atoms. The van der Waals surface area contributed by atoms with E-state index in [1.807, 2.05) is 17.0 Å². The Hall–Kier alpha value is -3.78. The van der Waals surface area contributed by atoms with E-state index in [4.69, 9.17) is 20.0 Å². The summed E-state index contributed by atoms with van der Waals surface area (Å²) < 4.78 is 10.5. The van der Waals surface area contributed by atoms with Crippen molar-refractivity contribution in [2.45, 2.75) is 18.9 Å². The number of hydrogen-bond acceptors (Lipinski definition) is 9. The molecule has 1 aromatic heterocycles. The van der Waals surface area contributed by atoms with Gasteiger partial charge in [0.05, 0.1) is 42.6 Å². The number of benzene rings is 1. The number of amides is 2. The summed E-state index contributed by atoms with van der Waals surface area (Å²) in [6.45, 7) is 1.25. The van der Waals surface area contributed by atoms with Gasteiger partial charge in [-0.05, 0) is 48.7 Å². The van der Waals surface area contributed by atoms with Crippen molar-refractivity contribution in [3.63, 3.8) is 0 Å². The van der Waals surface area contributed by atoms with E-state index >= 15 is 0 Å². The lowest BCUT2D eigenvalue weighted by molar-refractivity contribution is -0.117. The van der Waals surface area contributed by atoms with Crippen LogP contribution in [0.5, 0.6) is 0 Å². The molecule has 0 saturated carbocycles. The van der Waals surface area contributed by atoms with Crippen LogP contribution in [-0.4, -0.2) is 78.3 Å². The molecule has 0 spiro atoms. The van der Waals surface area contributed by atoms with Crippen molar-refractivity contribution in [3.05, 3.63) is 52.4 Å². The lowest BCUT2D eigenvalue weighted by Crippen LogP contribution is -2.53. The predicted octanol–water partition coefficient (Wildman–Crippen LogP) is 4.07. The molecule has 200 valence electrons. The number of alkyl halides is 1. The van der Waals surface area contributed by atoms with Crippen molar-refractivity contribution in [2.24, 2.45) is 5.11 Å². The molecule has 2 aromatic rings. The summed E-state index contributed by atoms with van der Waals surface area (Å²) in [4.78, 5) is 50.0. The number of halogens is 1. The topological polar surface area (TPSA) is 153 Å². The molecule has 3 heterocycles. The van der Waals surface area contributed by atoms with Crippen LogP contribution >= 0.6 is 22.6 Å². The largest absolute Gasteiger partial charge is 0.465 e. The molecule has 1 saturated heterocycles. The fourth-order valence-corrected chi connectivity index (χ4v) is 5.21. The highest BCUT2D eigenvalue weighted by molar-refractivity contribution is 14.1. The highest BCUT2D eigenvalue weighted by Crippen LogP contribution is 2.37. The maximum absolute atomic E-state index is 13.0. The van der Waals surface area contributed by atoms with Gasteiger partial charge in [0.2, 0.25) is 5.91 Å². The molecule has 4 rings (SSSR count). The van der Waals surface area contributed by atoms with E-state index in [0.717, 1.165) is 5.69 Å². The van der Waals surface area contributed by atoms with E-state index in [-0.39, 0.29) is 31.6 Å². The first-order chi connectivity index (χ1) is 18.4. The van der Waals surface area contributed by atoms with Gasteiger partial charge in [0.15, 0.2) is 5.82 Å². The third-order valence-corrected chi connectivity index (χ3v) is 7.03. The monoisotopic (exact) mass is 634 g/mol. The molecule has 0 unspecified atom stereocenters. The molecule has 38 heavy (non-hydrogen) atoms. The average Bonchev–Trinajstić information content (AvgIpc) is 2.94. The molecule has 1 N–H and O–H groups in total. The zero-order valence-corrected chi connectivity index (χ0v) is 22.9. The van der Waals surface area contributed by atoms with Gasteiger partial charge in [0, 0.05) is 29.7 Å². The van der Waals surface area contributed by atoms with Crippen molar-refractivity contribution in [1.29, 1.82) is 0 Å². The smallest absolute Gasteiger partial charge is 0.409 e. The van der Waals surface area contributed by atoms with E-state index in [0.29, 0.717) is 53.4 Å². The van der Waals surface area contributed by atoms with Gasteiger partial charge in [-0.1, -0.05) is 33.8 Å². The lowest BCUT2D eigenvalue weighted by Gasteiger charge is -2.43. The van der Waals surface area contributed by atoms with Gasteiger partial charge in [-0.2, -0.15) is 0 Å². The summed E-state index contributed by atoms with van der Waals surface area (Å²) in [5, 5.41) is 6.60. The number of aromatic nitrogens is 1. The van der Waals surface area contributed by atoms with Gasteiger partial charge in [-0.3, -0.25) is 9.69 Å². The number of piperidine rings is 1. The molecule has 13 nitrogen and oxygen atoms in total. The fourth-order valence-electron chi connectivity index (χ4n) is 4.47. The van der Waals surface area contributed by atoms with Crippen LogP contribution in [0.2, 0.25) is 0 Å². The van der Waals surface area contributed by atoms with Gasteiger partial charge < -0.3 is 24.6 Å². The zero-order chi connectivity index (χ0) is 27.1. The van der Waals surface area contributed by atoms with Crippen LogP contribution in [0.25, 0.3) is 10.4 Å². The number of carbonyl (C=O) groups is 3. The number of hydrogen-bond donors (Lipinski definition) is 1. The summed E-state index contributed by atoms with van der Waals surface area (Å²) in [5.41, 5.74) is 10.2. The Kier molecular flexibility index (Phi) is 9.07. The molecule has 0 radical (unpaired) electrons. The molecule has 1 aromatic carbocycles. The van der Waals surface area contributed by atoms with E-state index in [2.05, 4.69) is 37.9 Å². The molecule has 14 heteroatoms. The van der Waals surface area contributed by atoms with Crippen molar-refractivity contribution < 1.29 is 23.9 Å². The number of esters is 1. The third kappa shape index (κ3) is 6.19. The van der Waals surface area contributed by atoms with Gasteiger partial charge in [-0.15, -0.1) is 0 Å². The number of rotatable bonds is 8. The molecule has 2 aliphatic heterocycles. The van der Waals surface area contributed by atoms with Crippen LogP contribution in [-0.2, 0) is 14.3 Å². The molecular formula is C24H27IN8O5. The lowest BCUT2D eigenvalue weighted by atomic mass is 10.0. The minimum atomic E-state index is -0.443. The van der Waals surface area contributed by atoms with Gasteiger partial charge >= 0.3 is 12.1 Å². The van der Waals surface area contributed by atoms with Gasteiger partial charge in [0.25, 0.3) is 0 Å². The number of methoxy groups -OCH3 is 1. The Labute approximate surface area is 232 Å². The summed E-state index contributed by atoms with van der Waals surface area (Å²) in [6.07, 6.45) is 0.841. The second kappa shape index (κ2) is 12.6. The standard InChI is InChI=1S/C24H27IN8O5/c1-37-23(35)16-3-2-4-17(13-16)28-20-6-5-19-22(29-20)32(14-21(34)33(19)15-25)18-7-10-31(11-8-18)24(36)38-12-9-27-30-26/h2-6,13,18H,7-12,14-15H2,1H3,(H,28,29). The minimum Gasteiger partial charge on any atom is -0.465 e. The van der Waals surface area contributed by atoms with Crippen LogP contribution in [0.4, 0.5) is 27.8 Å². The molecule has 0 aliphatic carbocycles. The molecule has 1 fully saturated rings. The van der Waals surface area contributed by atoms with E-state index < -0.39 is 12.1 Å². The number of ether oxygens (including phenoxy) is 2. The SMILES string of the molecule is COC(=O)c1cccc(Nc2ccc3c(n2)N(C2CCN(C(=O)OCCN=[N+]=[N-])CC2)CC(=O)N3CI)c1. The normalized spacial score (nSPS) is 15.4. The summed E-state index contributed by atoms with van der Waals surface area (Å²) in [7, 11) is 1.34. The van der Waals surface area contributed by atoms with Gasteiger partial charge in [0.1, 0.15) is 5.82 Å². The van der Waals surface area contributed by atoms with Crippen LogP contribution in [0.15, 0.2) is 41.5 Å². The zero-order valence-electron chi connectivity index (χ0n) is 20.7. The highest BCUT2D eigenvalue weighted by atomic mass is 127. The van der Waals surface area contributed by atoms with Crippen molar-refractivity contribution >= 4 is 63.6 Å². The Morgan fingerprint density at radius 1 is 1.26 bits per heavy atom. The first-order valence-corrected chi connectivity index (χ1v) is 13.5. The first kappa shape index (κ1) is 27.3. The maximum Gasteiger partial charge on any atom is 0.409 e. The third-order valence-electron chi connectivity index (χ3n) is 6.34. The quantitative estimate of drug-likeness (QED) is 0.0667. The van der Waals surface area contributed by atoms with E-state index in [1.165, 1.54) is 7.11 Å². The van der Waals surface area contributed by atoms with Crippen molar-refractivity contribution in [1.82, 2.24) is 9.88 Å². The number of carbonyl (C=O) groups excluding carboxylic acids is 3. The Balaban J connectivity index is 1.51. The van der Waals surface area contributed by atoms with Crippen LogP contribution in [0.1, 0.15) is 23.2 Å². The van der Waals surface area contributed by atoms with Crippen LogP contribution < -0.4 is 15.1 Å². The number of fused-ring (bicyclic) bond motifs is 1. The van der Waals surface area contributed by atoms with E-state index in [1.54, 1.807) is 34.1 Å². The molecule has 2 aliphatic rings. The number of azide groups is 1. The maximum atomic E-state index is 13.0. The fraction of sp³-hybridized carbons (Fsp3) is 0.417. The van der Waals surface area contributed by atoms with Crippen LogP contribution in [0.3, 0.4) is 0 Å². The van der Waals surface area contributed by atoms with Crippen molar-refractivity contribution in [2.75, 3.05) is 59.6 Å². The Morgan fingerprint density at radius 2 is 2.05 bits per heavy atom. The first-order valence-electron chi connectivity index (χ1n) is 12.0. The summed E-state index contributed by atoms with van der Waals surface area (Å²) in [5.74, 6) is 0.811. The number of nitrogens with one attached hydrogen (secondary N) is 1. The second-order valence-electron chi connectivity index (χ2n) is 8.59. The molecule has 2 amide bonds. The molecular weight excluding hydrogens is 607 g/mol. The summed E-state index contributed by atoms with van der Waals surface area (Å²) in [6, 6.07) is 10.6. The second-order valence-corrected chi connectivity index (χ2v) is 9.28. The van der Waals surface area contributed by atoms with E-state index in [9.17, 15) is 14.4 Å². The van der Waals surface area contributed by atoms with Gasteiger partial charge in [-0.25, -0.2) is 14.6 Å². The predicted molar refractivity (Wildman–Crippen MR) is 149 cm³/mol. The number of likely N-dealkylation sites (tertiary alicyclic amines) is 1.